The molecule has 0 aliphatic carbocycles. The molecular formula is C26H28N2O2. The molecule has 0 radical (unpaired) electrons. The summed E-state index contributed by atoms with van der Waals surface area (Å²) in [6, 6.07) is 18.5. The number of nitrogens with zero attached hydrogens (tertiary/aromatic N) is 2. The van der Waals surface area contributed by atoms with Crippen molar-refractivity contribution in [3.8, 4) is 5.75 Å². The SMILES string of the molecule is Cc1ccc(C(C)C)c(OCCCn2c(/C=C/c3ccco3)nc3ccccc32)c1. The van der Waals surface area contributed by atoms with E-state index in [9.17, 15) is 0 Å². The Morgan fingerprint density at radius 1 is 1.07 bits per heavy atom. The van der Waals surface area contributed by atoms with Gasteiger partial charge in [-0.2, -0.15) is 0 Å². The molecule has 0 aliphatic heterocycles. The fourth-order valence-electron chi connectivity index (χ4n) is 3.65. The molecule has 0 N–H and O–H groups in total. The van der Waals surface area contributed by atoms with Gasteiger partial charge >= 0.3 is 0 Å². The molecule has 4 rings (SSSR count). The molecular weight excluding hydrogens is 372 g/mol. The molecule has 2 aromatic carbocycles. The number of benzene rings is 2. The lowest BCUT2D eigenvalue weighted by atomic mass is 10.0. The molecule has 0 saturated carbocycles. The Morgan fingerprint density at radius 3 is 2.73 bits per heavy atom. The Morgan fingerprint density at radius 2 is 1.93 bits per heavy atom. The Kier molecular flexibility index (Phi) is 6.03. The predicted octanol–water partition coefficient (Wildman–Crippen LogP) is 6.70. The Balaban J connectivity index is 1.49. The van der Waals surface area contributed by atoms with Gasteiger partial charge in [-0.05, 0) is 72.9 Å². The Labute approximate surface area is 177 Å². The highest BCUT2D eigenvalue weighted by atomic mass is 16.5. The van der Waals surface area contributed by atoms with Crippen molar-refractivity contribution in [3.63, 3.8) is 0 Å². The number of aromatic nitrogens is 2. The summed E-state index contributed by atoms with van der Waals surface area (Å²) in [7, 11) is 0. The lowest BCUT2D eigenvalue weighted by Crippen LogP contribution is -2.07. The van der Waals surface area contributed by atoms with Crippen LogP contribution >= 0.6 is 0 Å². The molecule has 0 aliphatic rings. The van der Waals surface area contributed by atoms with E-state index in [0.29, 0.717) is 12.5 Å². The molecule has 0 fully saturated rings. The van der Waals surface area contributed by atoms with Crippen molar-refractivity contribution in [1.29, 1.82) is 0 Å². The smallest absolute Gasteiger partial charge is 0.133 e. The van der Waals surface area contributed by atoms with E-state index < -0.39 is 0 Å². The molecule has 4 heteroatoms. The van der Waals surface area contributed by atoms with Crippen molar-refractivity contribution in [3.05, 3.63) is 83.6 Å². The normalized spacial score (nSPS) is 11.7. The molecule has 0 saturated heterocycles. The summed E-state index contributed by atoms with van der Waals surface area (Å²) in [5.74, 6) is 3.18. The van der Waals surface area contributed by atoms with Gasteiger partial charge in [0.1, 0.15) is 17.3 Å². The van der Waals surface area contributed by atoms with Gasteiger partial charge in [-0.1, -0.05) is 38.1 Å². The maximum atomic E-state index is 6.18. The van der Waals surface area contributed by atoms with Crippen LogP contribution in [0.2, 0.25) is 0 Å². The largest absolute Gasteiger partial charge is 0.493 e. The number of rotatable bonds is 8. The van der Waals surface area contributed by atoms with Crippen LogP contribution < -0.4 is 4.74 Å². The first-order valence-corrected chi connectivity index (χ1v) is 10.5. The second kappa shape index (κ2) is 9.04. The topological polar surface area (TPSA) is 40.2 Å². The minimum atomic E-state index is 0.441. The van der Waals surface area contributed by atoms with Gasteiger partial charge in [0.05, 0.1) is 23.9 Å². The number of aryl methyl sites for hydroxylation is 2. The van der Waals surface area contributed by atoms with Gasteiger partial charge in [-0.25, -0.2) is 4.98 Å². The second-order valence-corrected chi connectivity index (χ2v) is 7.86. The Hall–Kier alpha value is -3.27. The summed E-state index contributed by atoms with van der Waals surface area (Å²) in [6.07, 6.45) is 6.54. The van der Waals surface area contributed by atoms with Crippen molar-refractivity contribution in [2.75, 3.05) is 6.61 Å². The van der Waals surface area contributed by atoms with E-state index in [1.54, 1.807) is 6.26 Å². The van der Waals surface area contributed by atoms with E-state index in [-0.39, 0.29) is 0 Å². The number of furan rings is 1. The summed E-state index contributed by atoms with van der Waals surface area (Å²) >= 11 is 0. The Bertz CT molecular complexity index is 1140. The molecule has 154 valence electrons. The van der Waals surface area contributed by atoms with Crippen molar-refractivity contribution in [1.82, 2.24) is 9.55 Å². The van der Waals surface area contributed by atoms with Crippen molar-refractivity contribution >= 4 is 23.2 Å². The summed E-state index contributed by atoms with van der Waals surface area (Å²) < 4.78 is 13.8. The summed E-state index contributed by atoms with van der Waals surface area (Å²) in [5.41, 5.74) is 4.62. The molecule has 30 heavy (non-hydrogen) atoms. The predicted molar refractivity (Wildman–Crippen MR) is 123 cm³/mol. The molecule has 4 aromatic rings. The van der Waals surface area contributed by atoms with Crippen molar-refractivity contribution in [2.45, 2.75) is 39.7 Å². The van der Waals surface area contributed by atoms with E-state index in [1.807, 2.05) is 36.4 Å². The highest BCUT2D eigenvalue weighted by Gasteiger charge is 2.10. The van der Waals surface area contributed by atoms with E-state index in [1.165, 1.54) is 11.1 Å². The van der Waals surface area contributed by atoms with Crippen LogP contribution in [0.15, 0.2) is 65.3 Å². The minimum absolute atomic E-state index is 0.441. The van der Waals surface area contributed by atoms with Gasteiger partial charge in [-0.15, -0.1) is 0 Å². The van der Waals surface area contributed by atoms with Crippen LogP contribution in [-0.2, 0) is 6.54 Å². The fourth-order valence-corrected chi connectivity index (χ4v) is 3.65. The van der Waals surface area contributed by atoms with Gasteiger partial charge in [0.15, 0.2) is 0 Å². The quantitative estimate of drug-likeness (QED) is 0.309. The zero-order valence-corrected chi connectivity index (χ0v) is 17.8. The van der Waals surface area contributed by atoms with Gasteiger partial charge in [0.2, 0.25) is 0 Å². The maximum absolute atomic E-state index is 6.18. The standard InChI is InChI=1S/C26H28N2O2/c1-19(2)22-13-11-20(3)18-25(22)30-17-7-15-28-24-10-5-4-9-23(24)27-26(28)14-12-21-8-6-16-29-21/h4-6,8-14,16,18-19H,7,15,17H2,1-3H3/b14-12+. The first-order valence-electron chi connectivity index (χ1n) is 10.5. The van der Waals surface area contributed by atoms with Crippen LogP contribution in [0, 0.1) is 6.92 Å². The van der Waals surface area contributed by atoms with Gasteiger partial charge < -0.3 is 13.7 Å². The summed E-state index contributed by atoms with van der Waals surface area (Å²) in [4.78, 5) is 4.79. The first-order chi connectivity index (χ1) is 14.6. The second-order valence-electron chi connectivity index (χ2n) is 7.86. The average Bonchev–Trinajstić information content (AvgIpc) is 3.37. The van der Waals surface area contributed by atoms with E-state index in [0.717, 1.165) is 41.3 Å². The third kappa shape index (κ3) is 4.48. The zero-order chi connectivity index (χ0) is 20.9. The molecule has 0 atom stereocenters. The van der Waals surface area contributed by atoms with Crippen molar-refractivity contribution in [2.24, 2.45) is 0 Å². The maximum Gasteiger partial charge on any atom is 0.133 e. The number of fused-ring (bicyclic) bond motifs is 1. The lowest BCUT2D eigenvalue weighted by Gasteiger charge is -2.15. The van der Waals surface area contributed by atoms with Crippen LogP contribution in [0.25, 0.3) is 23.2 Å². The molecule has 0 unspecified atom stereocenters. The average molecular weight is 401 g/mol. The van der Waals surface area contributed by atoms with E-state index in [4.69, 9.17) is 14.1 Å². The third-order valence-corrected chi connectivity index (χ3v) is 5.20. The number of imidazole rings is 1. The summed E-state index contributed by atoms with van der Waals surface area (Å²) in [6.45, 7) is 8.00. The lowest BCUT2D eigenvalue weighted by molar-refractivity contribution is 0.298. The van der Waals surface area contributed by atoms with E-state index in [2.05, 4.69) is 55.7 Å². The minimum Gasteiger partial charge on any atom is -0.493 e. The monoisotopic (exact) mass is 400 g/mol. The number of para-hydroxylation sites is 2. The summed E-state index contributed by atoms with van der Waals surface area (Å²) in [5, 5.41) is 0. The molecule has 2 heterocycles. The van der Waals surface area contributed by atoms with Crippen LogP contribution in [0.3, 0.4) is 0 Å². The molecule has 0 bridgehead atoms. The van der Waals surface area contributed by atoms with E-state index >= 15 is 0 Å². The number of ether oxygens (including phenoxy) is 1. The van der Waals surface area contributed by atoms with Crippen LogP contribution in [0.4, 0.5) is 0 Å². The molecule has 4 nitrogen and oxygen atoms in total. The molecule has 0 amide bonds. The third-order valence-electron chi connectivity index (χ3n) is 5.20. The van der Waals surface area contributed by atoms with Gasteiger partial charge in [-0.3, -0.25) is 0 Å². The molecule has 0 spiro atoms. The first kappa shape index (κ1) is 20.0. The number of hydrogen-bond acceptors (Lipinski definition) is 3. The number of hydrogen-bond donors (Lipinski definition) is 0. The van der Waals surface area contributed by atoms with Gasteiger partial charge in [0.25, 0.3) is 0 Å². The zero-order valence-electron chi connectivity index (χ0n) is 17.8. The highest BCUT2D eigenvalue weighted by Crippen LogP contribution is 2.27. The highest BCUT2D eigenvalue weighted by molar-refractivity contribution is 5.79. The van der Waals surface area contributed by atoms with Gasteiger partial charge in [0, 0.05) is 6.54 Å². The van der Waals surface area contributed by atoms with Crippen LogP contribution in [0.1, 0.15) is 48.9 Å². The van der Waals surface area contributed by atoms with Crippen molar-refractivity contribution < 1.29 is 9.15 Å². The van der Waals surface area contributed by atoms with Crippen LogP contribution in [-0.4, -0.2) is 16.2 Å². The molecule has 2 aromatic heterocycles. The van der Waals surface area contributed by atoms with Crippen LogP contribution in [0.5, 0.6) is 5.75 Å². The fraction of sp³-hybridized carbons (Fsp3) is 0.269.